The third-order valence-corrected chi connectivity index (χ3v) is 14.1. The van der Waals surface area contributed by atoms with E-state index in [2.05, 4.69) is 118 Å². The topological polar surface area (TPSA) is 78.9 Å². The first-order valence-electron chi connectivity index (χ1n) is 32.7. The zero-order valence-electron chi connectivity index (χ0n) is 50.7. The predicted octanol–water partition coefficient (Wildman–Crippen LogP) is 22.4. The van der Waals surface area contributed by atoms with Crippen LogP contribution < -0.4 is 0 Å². The van der Waals surface area contributed by atoms with Crippen molar-refractivity contribution in [1.29, 1.82) is 0 Å². The summed E-state index contributed by atoms with van der Waals surface area (Å²) in [4.78, 5) is 37.9. The van der Waals surface area contributed by atoms with Crippen LogP contribution >= 0.6 is 0 Å². The van der Waals surface area contributed by atoms with Gasteiger partial charge in [-0.3, -0.25) is 14.4 Å². The van der Waals surface area contributed by atoms with Gasteiger partial charge >= 0.3 is 17.9 Å². The molecule has 0 aliphatic carbocycles. The Morgan fingerprint density at radius 2 is 0.506 bits per heavy atom. The van der Waals surface area contributed by atoms with E-state index in [9.17, 15) is 14.4 Å². The quantitative estimate of drug-likeness (QED) is 0.0261. The van der Waals surface area contributed by atoms with Crippen LogP contribution in [-0.2, 0) is 28.6 Å². The summed E-state index contributed by atoms with van der Waals surface area (Å²) < 4.78 is 16.8. The Bertz CT molecular complexity index is 1510. The summed E-state index contributed by atoms with van der Waals surface area (Å²) in [6.45, 7) is 6.45. The number of esters is 3. The Hall–Kier alpha value is -3.67. The largest absolute Gasteiger partial charge is 0.462 e. The Balaban J connectivity index is 4.02. The molecule has 0 saturated heterocycles. The number of carbonyl (C=O) groups excluding carboxylic acids is 3. The average molecular weight is 1070 g/mol. The molecular formula is C71H122O6. The molecule has 0 aromatic rings. The molecule has 0 heterocycles. The van der Waals surface area contributed by atoms with Gasteiger partial charge in [-0.15, -0.1) is 0 Å². The Morgan fingerprint density at radius 3 is 0.792 bits per heavy atom. The molecule has 0 fully saturated rings. The Kier molecular flexibility index (Phi) is 61.8. The number of hydrogen-bond acceptors (Lipinski definition) is 6. The highest BCUT2D eigenvalue weighted by molar-refractivity contribution is 5.71. The highest BCUT2D eigenvalue weighted by Gasteiger charge is 2.19. The maximum atomic E-state index is 12.8. The van der Waals surface area contributed by atoms with Gasteiger partial charge in [0.15, 0.2) is 6.10 Å². The van der Waals surface area contributed by atoms with E-state index in [-0.39, 0.29) is 31.1 Å². The molecular weight excluding hydrogens is 949 g/mol. The van der Waals surface area contributed by atoms with E-state index in [4.69, 9.17) is 14.2 Å². The van der Waals surface area contributed by atoms with Crippen LogP contribution in [0, 0.1) is 0 Å². The third-order valence-electron chi connectivity index (χ3n) is 14.1. The molecule has 0 aliphatic rings. The van der Waals surface area contributed by atoms with E-state index in [0.717, 1.165) is 116 Å². The summed E-state index contributed by atoms with van der Waals surface area (Å²) in [5.41, 5.74) is 0. The van der Waals surface area contributed by atoms with Gasteiger partial charge in [-0.05, 0) is 103 Å². The van der Waals surface area contributed by atoms with Crippen molar-refractivity contribution in [3.63, 3.8) is 0 Å². The lowest BCUT2D eigenvalue weighted by atomic mass is 10.0. The van der Waals surface area contributed by atoms with Gasteiger partial charge in [-0.25, -0.2) is 0 Å². The normalized spacial score (nSPS) is 12.7. The highest BCUT2D eigenvalue weighted by Crippen LogP contribution is 2.16. The van der Waals surface area contributed by atoms with Gasteiger partial charge in [-0.2, -0.15) is 0 Å². The van der Waals surface area contributed by atoms with Gasteiger partial charge in [0.05, 0.1) is 0 Å². The van der Waals surface area contributed by atoms with Crippen LogP contribution in [0.2, 0.25) is 0 Å². The lowest BCUT2D eigenvalue weighted by Crippen LogP contribution is -2.30. The first-order chi connectivity index (χ1) is 38.0. The zero-order valence-corrected chi connectivity index (χ0v) is 50.7. The summed E-state index contributed by atoms with van der Waals surface area (Å²) in [6.07, 6.45) is 87.5. The van der Waals surface area contributed by atoms with Gasteiger partial charge in [-0.1, -0.05) is 291 Å². The number of ether oxygens (including phenoxy) is 3. The van der Waals surface area contributed by atoms with E-state index in [1.54, 1.807) is 0 Å². The summed E-state index contributed by atoms with van der Waals surface area (Å²) in [7, 11) is 0. The van der Waals surface area contributed by atoms with E-state index >= 15 is 0 Å². The second-order valence-electron chi connectivity index (χ2n) is 21.6. The van der Waals surface area contributed by atoms with Gasteiger partial charge in [0, 0.05) is 19.3 Å². The first kappa shape index (κ1) is 73.3. The fourth-order valence-corrected chi connectivity index (χ4v) is 9.18. The zero-order chi connectivity index (χ0) is 55.7. The van der Waals surface area contributed by atoms with Crippen LogP contribution in [0.3, 0.4) is 0 Å². The van der Waals surface area contributed by atoms with Crippen LogP contribution in [0.25, 0.3) is 0 Å². The van der Waals surface area contributed by atoms with E-state index < -0.39 is 6.10 Å². The van der Waals surface area contributed by atoms with E-state index in [1.807, 2.05) is 0 Å². The fourth-order valence-electron chi connectivity index (χ4n) is 9.18. The Morgan fingerprint density at radius 1 is 0.273 bits per heavy atom. The summed E-state index contributed by atoms with van der Waals surface area (Å²) >= 11 is 0. The molecule has 77 heavy (non-hydrogen) atoms. The third kappa shape index (κ3) is 63.0. The number of unbranched alkanes of at least 4 members (excludes halogenated alkanes) is 32. The minimum absolute atomic E-state index is 0.0785. The summed E-state index contributed by atoms with van der Waals surface area (Å²) in [5, 5.41) is 0. The maximum Gasteiger partial charge on any atom is 0.306 e. The van der Waals surface area contributed by atoms with Crippen molar-refractivity contribution in [2.45, 2.75) is 322 Å². The molecule has 6 heteroatoms. The fraction of sp³-hybridized carbons (Fsp3) is 0.732. The molecule has 0 aromatic carbocycles. The predicted molar refractivity (Wildman–Crippen MR) is 334 cm³/mol. The van der Waals surface area contributed by atoms with Crippen LogP contribution in [-0.4, -0.2) is 37.2 Å². The van der Waals surface area contributed by atoms with Crippen LogP contribution in [0.15, 0.2) is 97.2 Å². The minimum atomic E-state index is -0.778. The SMILES string of the molecule is CC/C=C\C/C=C\C/C=C\C/C=C\C/C=C\CCCCCCCCCCCCCCCCCC(=O)OCC(COC(=O)CCCCCCC)OC(=O)CCCCCCCCCC/C=C\C/C=C\C/C=C\CCCCCCC. The van der Waals surface area contributed by atoms with E-state index in [0.29, 0.717) is 19.3 Å². The van der Waals surface area contributed by atoms with Crippen molar-refractivity contribution in [3.8, 4) is 0 Å². The van der Waals surface area contributed by atoms with Crippen LogP contribution in [0.1, 0.15) is 316 Å². The van der Waals surface area contributed by atoms with Crippen molar-refractivity contribution in [2.24, 2.45) is 0 Å². The molecule has 0 amide bonds. The smallest absolute Gasteiger partial charge is 0.306 e. The molecule has 0 N–H and O–H groups in total. The van der Waals surface area contributed by atoms with Gasteiger partial charge < -0.3 is 14.2 Å². The average Bonchev–Trinajstić information content (AvgIpc) is 3.43. The van der Waals surface area contributed by atoms with Gasteiger partial charge in [0.1, 0.15) is 13.2 Å². The molecule has 0 spiro atoms. The molecule has 0 saturated carbocycles. The minimum Gasteiger partial charge on any atom is -0.462 e. The number of rotatable bonds is 59. The molecule has 0 bridgehead atoms. The molecule has 0 aliphatic heterocycles. The monoisotopic (exact) mass is 1070 g/mol. The second kappa shape index (κ2) is 64.9. The molecule has 0 rings (SSSR count). The number of carbonyl (C=O) groups is 3. The number of allylic oxidation sites excluding steroid dienone is 16. The van der Waals surface area contributed by atoms with Crippen LogP contribution in [0.4, 0.5) is 0 Å². The standard InChI is InChI=1S/C71H122O6/c1-4-7-10-13-15-17-19-21-23-25-27-29-31-32-33-34-35-36-37-38-40-41-43-45-47-49-51-53-55-58-61-64-70(73)76-67-68(66-75-69(72)63-60-57-12-9-6-3)77-71(74)65-62-59-56-54-52-50-48-46-44-42-39-30-28-26-24-22-20-18-16-14-11-8-5-2/h7,10,15,17,20-23,26-29,32-33,39,42,68H,4-6,8-9,11-14,16,18-19,24-25,30-31,34-38,40-41,43-67H2,1-3H3/b10-7-,17-15-,22-20-,23-21-,28-26-,29-27-,33-32-,42-39-. The highest BCUT2D eigenvalue weighted by atomic mass is 16.6. The molecule has 0 aromatic heterocycles. The molecule has 1 atom stereocenters. The number of hydrogen-bond donors (Lipinski definition) is 0. The van der Waals surface area contributed by atoms with Crippen molar-refractivity contribution >= 4 is 17.9 Å². The van der Waals surface area contributed by atoms with Crippen molar-refractivity contribution in [3.05, 3.63) is 97.2 Å². The molecule has 0 radical (unpaired) electrons. The summed E-state index contributed by atoms with van der Waals surface area (Å²) in [5.74, 6) is -0.891. The lowest BCUT2D eigenvalue weighted by molar-refractivity contribution is -0.167. The van der Waals surface area contributed by atoms with Crippen molar-refractivity contribution in [2.75, 3.05) is 13.2 Å². The second-order valence-corrected chi connectivity index (χ2v) is 21.6. The van der Waals surface area contributed by atoms with Crippen molar-refractivity contribution < 1.29 is 28.6 Å². The summed E-state index contributed by atoms with van der Waals surface area (Å²) in [6, 6.07) is 0. The van der Waals surface area contributed by atoms with Gasteiger partial charge in [0.2, 0.25) is 0 Å². The molecule has 442 valence electrons. The van der Waals surface area contributed by atoms with Crippen LogP contribution in [0.5, 0.6) is 0 Å². The first-order valence-corrected chi connectivity index (χ1v) is 32.7. The lowest BCUT2D eigenvalue weighted by Gasteiger charge is -2.18. The van der Waals surface area contributed by atoms with Crippen molar-refractivity contribution in [1.82, 2.24) is 0 Å². The van der Waals surface area contributed by atoms with Gasteiger partial charge in [0.25, 0.3) is 0 Å². The van der Waals surface area contributed by atoms with E-state index in [1.165, 1.54) is 161 Å². The molecule has 1 unspecified atom stereocenters. The Labute approximate surface area is 477 Å². The molecule has 6 nitrogen and oxygen atoms in total. The maximum absolute atomic E-state index is 12.8.